The highest BCUT2D eigenvalue weighted by molar-refractivity contribution is 5.84. The van der Waals surface area contributed by atoms with E-state index >= 15 is 0 Å². The summed E-state index contributed by atoms with van der Waals surface area (Å²) < 4.78 is 26.2. The van der Waals surface area contributed by atoms with Crippen LogP contribution in [0.2, 0.25) is 0 Å². The molecule has 6 heteroatoms. The fourth-order valence-corrected chi connectivity index (χ4v) is 5.63. The van der Waals surface area contributed by atoms with Gasteiger partial charge in [0.15, 0.2) is 0 Å². The summed E-state index contributed by atoms with van der Waals surface area (Å²) in [6, 6.07) is 4.98. The number of nitrogens with zero attached hydrogens (tertiary/aromatic N) is 1. The van der Waals surface area contributed by atoms with Crippen molar-refractivity contribution in [3.63, 3.8) is 0 Å². The standard InChI is InChI=1S/C22H29FN2O3/c1-21(8-9-21)20(26)24-10-14-16-12-25(13-22(16)7-6-19(14)28-22)11-15-17(23)4-3-5-18(15)27-2/h3-5,14,16,19H,6-13H2,1-2H3,(H,24,26)/t14-,16+,19+,22+/m0/s1. The van der Waals surface area contributed by atoms with Gasteiger partial charge in [-0.1, -0.05) is 13.0 Å². The molecule has 4 atom stereocenters. The molecule has 3 aliphatic heterocycles. The Hall–Kier alpha value is -1.66. The molecule has 1 aromatic carbocycles. The maximum Gasteiger partial charge on any atom is 0.225 e. The molecule has 5 rings (SSSR count). The van der Waals surface area contributed by atoms with E-state index in [0.717, 1.165) is 38.8 Å². The minimum absolute atomic E-state index is 0.123. The van der Waals surface area contributed by atoms with Crippen molar-refractivity contribution >= 4 is 5.91 Å². The lowest BCUT2D eigenvalue weighted by Gasteiger charge is -2.30. The Balaban J connectivity index is 1.28. The zero-order chi connectivity index (χ0) is 19.5. The number of carbonyl (C=O) groups is 1. The number of fused-ring (bicyclic) bond motifs is 1. The second-order valence-corrected chi connectivity index (χ2v) is 9.39. The second-order valence-electron chi connectivity index (χ2n) is 9.39. The first-order chi connectivity index (χ1) is 13.4. The molecule has 1 spiro atoms. The van der Waals surface area contributed by atoms with Crippen LogP contribution >= 0.6 is 0 Å². The Labute approximate surface area is 165 Å². The largest absolute Gasteiger partial charge is 0.496 e. The van der Waals surface area contributed by atoms with Gasteiger partial charge in [-0.2, -0.15) is 0 Å². The molecule has 5 nitrogen and oxygen atoms in total. The van der Waals surface area contributed by atoms with Crippen molar-refractivity contribution in [2.45, 2.75) is 50.9 Å². The van der Waals surface area contributed by atoms with E-state index in [-0.39, 0.29) is 28.8 Å². The summed E-state index contributed by atoms with van der Waals surface area (Å²) in [6.45, 7) is 4.97. The number of rotatable bonds is 6. The molecule has 0 radical (unpaired) electrons. The van der Waals surface area contributed by atoms with Crippen molar-refractivity contribution < 1.29 is 18.7 Å². The third-order valence-electron chi connectivity index (χ3n) is 7.58. The van der Waals surface area contributed by atoms with Crippen molar-refractivity contribution in [1.82, 2.24) is 10.2 Å². The van der Waals surface area contributed by atoms with Gasteiger partial charge in [-0.15, -0.1) is 0 Å². The predicted molar refractivity (Wildman–Crippen MR) is 102 cm³/mol. The highest BCUT2D eigenvalue weighted by Crippen LogP contribution is 2.55. The summed E-state index contributed by atoms with van der Waals surface area (Å²) >= 11 is 0. The van der Waals surface area contributed by atoms with Gasteiger partial charge in [0.1, 0.15) is 11.6 Å². The van der Waals surface area contributed by atoms with Crippen LogP contribution in [0.3, 0.4) is 0 Å². The minimum Gasteiger partial charge on any atom is -0.496 e. The number of ether oxygens (including phenoxy) is 2. The molecule has 0 aromatic heterocycles. The van der Waals surface area contributed by atoms with Crippen LogP contribution in [0.15, 0.2) is 18.2 Å². The molecule has 4 aliphatic rings. The Morgan fingerprint density at radius 3 is 2.96 bits per heavy atom. The van der Waals surface area contributed by atoms with Crippen LogP contribution in [0.25, 0.3) is 0 Å². The van der Waals surface area contributed by atoms with Gasteiger partial charge >= 0.3 is 0 Å². The van der Waals surface area contributed by atoms with E-state index in [4.69, 9.17) is 9.47 Å². The molecule has 1 aliphatic carbocycles. The van der Waals surface area contributed by atoms with Gasteiger partial charge < -0.3 is 14.8 Å². The number of hydrogen-bond acceptors (Lipinski definition) is 4. The predicted octanol–water partition coefficient (Wildman–Crippen LogP) is 2.73. The molecule has 3 heterocycles. The molecule has 4 fully saturated rings. The van der Waals surface area contributed by atoms with Gasteiger partial charge in [0.2, 0.25) is 5.91 Å². The third kappa shape index (κ3) is 2.84. The number of carbonyl (C=O) groups excluding carboxylic acids is 1. The number of nitrogens with one attached hydrogen (secondary N) is 1. The van der Waals surface area contributed by atoms with Gasteiger partial charge in [-0.3, -0.25) is 9.69 Å². The quantitative estimate of drug-likeness (QED) is 0.814. The molecule has 1 saturated carbocycles. The molecule has 152 valence electrons. The second kappa shape index (κ2) is 6.42. The summed E-state index contributed by atoms with van der Waals surface area (Å²) in [7, 11) is 1.58. The molecule has 1 aromatic rings. The van der Waals surface area contributed by atoms with Gasteiger partial charge in [-0.25, -0.2) is 4.39 Å². The van der Waals surface area contributed by atoms with Crippen molar-refractivity contribution in [3.8, 4) is 5.75 Å². The fourth-order valence-electron chi connectivity index (χ4n) is 5.63. The summed E-state index contributed by atoms with van der Waals surface area (Å²) in [4.78, 5) is 14.7. The lowest BCUT2D eigenvalue weighted by Crippen LogP contribution is -2.43. The van der Waals surface area contributed by atoms with Crippen molar-refractivity contribution in [3.05, 3.63) is 29.6 Å². The van der Waals surface area contributed by atoms with E-state index in [1.165, 1.54) is 6.07 Å². The van der Waals surface area contributed by atoms with Gasteiger partial charge in [0.25, 0.3) is 0 Å². The first kappa shape index (κ1) is 18.4. The van der Waals surface area contributed by atoms with Gasteiger partial charge in [0.05, 0.1) is 18.8 Å². The zero-order valence-corrected chi connectivity index (χ0v) is 16.7. The molecular formula is C22H29FN2O3. The summed E-state index contributed by atoms with van der Waals surface area (Å²) in [5.41, 5.74) is 0.351. The Morgan fingerprint density at radius 1 is 1.39 bits per heavy atom. The van der Waals surface area contributed by atoms with E-state index in [1.807, 2.05) is 13.0 Å². The van der Waals surface area contributed by atoms with Crippen LogP contribution in [0.5, 0.6) is 5.75 Å². The maximum absolute atomic E-state index is 14.4. The first-order valence-electron chi connectivity index (χ1n) is 10.4. The molecule has 0 unspecified atom stereocenters. The van der Waals surface area contributed by atoms with E-state index in [0.29, 0.717) is 36.2 Å². The average Bonchev–Trinajstić information content (AvgIpc) is 3.04. The Kier molecular flexibility index (Phi) is 4.22. The summed E-state index contributed by atoms with van der Waals surface area (Å²) in [5, 5.41) is 3.20. The number of methoxy groups -OCH3 is 1. The number of amides is 1. The number of benzene rings is 1. The van der Waals surface area contributed by atoms with Crippen LogP contribution < -0.4 is 10.1 Å². The van der Waals surface area contributed by atoms with E-state index in [1.54, 1.807) is 13.2 Å². The zero-order valence-electron chi connectivity index (χ0n) is 16.7. The monoisotopic (exact) mass is 388 g/mol. The van der Waals surface area contributed by atoms with E-state index < -0.39 is 0 Å². The molecule has 3 saturated heterocycles. The number of likely N-dealkylation sites (tertiary alicyclic amines) is 1. The maximum atomic E-state index is 14.4. The van der Waals surface area contributed by atoms with Crippen LogP contribution in [0.1, 0.15) is 38.2 Å². The van der Waals surface area contributed by atoms with Crippen LogP contribution in [0.4, 0.5) is 4.39 Å². The summed E-state index contributed by atoms with van der Waals surface area (Å²) in [6.07, 6.45) is 4.37. The highest BCUT2D eigenvalue weighted by atomic mass is 19.1. The highest BCUT2D eigenvalue weighted by Gasteiger charge is 2.62. The fraction of sp³-hybridized carbons (Fsp3) is 0.682. The van der Waals surface area contributed by atoms with E-state index in [9.17, 15) is 9.18 Å². The first-order valence-corrected chi connectivity index (χ1v) is 10.4. The Morgan fingerprint density at radius 2 is 2.21 bits per heavy atom. The number of halogens is 1. The van der Waals surface area contributed by atoms with Crippen LogP contribution in [0, 0.1) is 23.1 Å². The molecule has 1 N–H and O–H groups in total. The lowest BCUT2D eigenvalue weighted by atomic mass is 9.73. The number of hydrogen-bond donors (Lipinski definition) is 1. The smallest absolute Gasteiger partial charge is 0.225 e. The lowest BCUT2D eigenvalue weighted by molar-refractivity contribution is -0.126. The van der Waals surface area contributed by atoms with Crippen LogP contribution in [-0.4, -0.2) is 49.3 Å². The SMILES string of the molecule is COc1cccc(F)c1CN1C[C@@H]2[C@H](CNC(=O)C3(C)CC3)[C@H]3CC[C@]2(C1)O3. The molecule has 28 heavy (non-hydrogen) atoms. The normalized spacial score (nSPS) is 35.0. The van der Waals surface area contributed by atoms with Crippen molar-refractivity contribution in [2.24, 2.45) is 17.3 Å². The van der Waals surface area contributed by atoms with E-state index in [2.05, 4.69) is 10.2 Å². The van der Waals surface area contributed by atoms with Gasteiger partial charge in [0, 0.05) is 49.0 Å². The van der Waals surface area contributed by atoms with Gasteiger partial charge in [-0.05, 0) is 37.8 Å². The molecule has 2 bridgehead atoms. The molecular weight excluding hydrogens is 359 g/mol. The summed E-state index contributed by atoms with van der Waals surface area (Å²) in [5.74, 6) is 1.32. The Bertz CT molecular complexity index is 796. The molecule has 1 amide bonds. The van der Waals surface area contributed by atoms with Crippen molar-refractivity contribution in [1.29, 1.82) is 0 Å². The van der Waals surface area contributed by atoms with Crippen molar-refractivity contribution in [2.75, 3.05) is 26.7 Å². The topological polar surface area (TPSA) is 50.8 Å². The third-order valence-corrected chi connectivity index (χ3v) is 7.58. The minimum atomic E-state index is -0.222. The van der Waals surface area contributed by atoms with Crippen LogP contribution in [-0.2, 0) is 16.1 Å². The average molecular weight is 388 g/mol.